The van der Waals surface area contributed by atoms with Crippen LogP contribution in [-0.2, 0) is 9.53 Å². The van der Waals surface area contributed by atoms with Crippen LogP contribution in [0.1, 0.15) is 17.3 Å². The van der Waals surface area contributed by atoms with Crippen LogP contribution in [-0.4, -0.2) is 42.7 Å². The molecule has 0 radical (unpaired) electrons. The Bertz CT molecular complexity index is 488. The summed E-state index contributed by atoms with van der Waals surface area (Å²) in [5.74, 6) is -0.604. The van der Waals surface area contributed by atoms with E-state index < -0.39 is 5.97 Å². The molecule has 0 N–H and O–H groups in total. The number of rotatable bonds is 7. The largest absolute Gasteiger partial charge is 0.465 e. The highest BCUT2D eigenvalue weighted by Crippen LogP contribution is 2.21. The molecule has 0 heterocycles. The molecule has 1 rings (SSSR count). The Morgan fingerprint density at radius 2 is 2.10 bits per heavy atom. The lowest BCUT2D eigenvalue weighted by Gasteiger charge is -2.21. The standard InChI is InChI=1S/C15H19NO3S/c1-4-10-16(11-14(17)19-5-2)15(18)12-8-6-7-9-13(12)20-3/h4,6-9H,1,5,10-11H2,2-3H3. The number of esters is 1. The van der Waals surface area contributed by atoms with Gasteiger partial charge in [-0.1, -0.05) is 18.2 Å². The van der Waals surface area contributed by atoms with Crippen molar-refractivity contribution < 1.29 is 14.3 Å². The topological polar surface area (TPSA) is 46.6 Å². The predicted molar refractivity (Wildman–Crippen MR) is 81.0 cm³/mol. The Labute approximate surface area is 123 Å². The van der Waals surface area contributed by atoms with Crippen LogP contribution >= 0.6 is 11.8 Å². The van der Waals surface area contributed by atoms with Crippen LogP contribution in [0, 0.1) is 0 Å². The van der Waals surface area contributed by atoms with Crippen LogP contribution in [0.3, 0.4) is 0 Å². The fourth-order valence-electron chi connectivity index (χ4n) is 1.73. The monoisotopic (exact) mass is 293 g/mol. The maximum absolute atomic E-state index is 12.5. The van der Waals surface area contributed by atoms with Gasteiger partial charge in [0.15, 0.2) is 0 Å². The average Bonchev–Trinajstić information content (AvgIpc) is 2.46. The first kappa shape index (κ1) is 16.3. The highest BCUT2D eigenvalue weighted by atomic mass is 32.2. The summed E-state index contributed by atoms with van der Waals surface area (Å²) in [6.07, 6.45) is 3.51. The fraction of sp³-hybridized carbons (Fsp3) is 0.333. The van der Waals surface area contributed by atoms with Gasteiger partial charge in [-0.05, 0) is 25.3 Å². The molecule has 0 aromatic heterocycles. The van der Waals surface area contributed by atoms with E-state index in [0.717, 1.165) is 4.90 Å². The maximum atomic E-state index is 12.5. The molecular formula is C15H19NO3S. The van der Waals surface area contributed by atoms with Crippen molar-refractivity contribution in [1.29, 1.82) is 0 Å². The van der Waals surface area contributed by atoms with Gasteiger partial charge in [-0.3, -0.25) is 9.59 Å². The van der Waals surface area contributed by atoms with Crippen molar-refractivity contribution in [3.05, 3.63) is 42.5 Å². The number of nitrogens with zero attached hydrogens (tertiary/aromatic N) is 1. The zero-order valence-corrected chi connectivity index (χ0v) is 12.6. The molecule has 0 atom stereocenters. The van der Waals surface area contributed by atoms with Crippen molar-refractivity contribution in [3.63, 3.8) is 0 Å². The minimum absolute atomic E-state index is 0.0680. The fourth-order valence-corrected chi connectivity index (χ4v) is 2.32. The van der Waals surface area contributed by atoms with Crippen molar-refractivity contribution in [1.82, 2.24) is 4.90 Å². The minimum atomic E-state index is -0.413. The molecule has 0 bridgehead atoms. The van der Waals surface area contributed by atoms with Crippen LogP contribution in [0.2, 0.25) is 0 Å². The van der Waals surface area contributed by atoms with Crippen LogP contribution in [0.5, 0.6) is 0 Å². The third-order valence-electron chi connectivity index (χ3n) is 2.60. The number of thioether (sulfide) groups is 1. The summed E-state index contributed by atoms with van der Waals surface area (Å²) in [6.45, 7) is 5.90. The molecule has 0 aliphatic rings. The summed E-state index contributed by atoms with van der Waals surface area (Å²) in [4.78, 5) is 26.4. The van der Waals surface area contributed by atoms with Gasteiger partial charge in [0.2, 0.25) is 0 Å². The van der Waals surface area contributed by atoms with Gasteiger partial charge in [-0.2, -0.15) is 0 Å². The van der Waals surface area contributed by atoms with E-state index in [-0.39, 0.29) is 12.5 Å². The molecule has 0 saturated heterocycles. The molecule has 20 heavy (non-hydrogen) atoms. The third kappa shape index (κ3) is 4.42. The Kier molecular flexibility index (Phi) is 6.87. The molecular weight excluding hydrogens is 274 g/mol. The molecule has 0 aliphatic heterocycles. The molecule has 4 nitrogen and oxygen atoms in total. The molecule has 0 spiro atoms. The second-order valence-electron chi connectivity index (χ2n) is 3.98. The van der Waals surface area contributed by atoms with E-state index in [1.807, 2.05) is 24.5 Å². The van der Waals surface area contributed by atoms with Crippen molar-refractivity contribution in [2.45, 2.75) is 11.8 Å². The number of carbonyl (C=O) groups excluding carboxylic acids is 2. The predicted octanol–water partition coefficient (Wildman–Crippen LogP) is 2.60. The molecule has 108 valence electrons. The quantitative estimate of drug-likeness (QED) is 0.440. The molecule has 0 unspecified atom stereocenters. The Morgan fingerprint density at radius 1 is 1.40 bits per heavy atom. The Hall–Kier alpha value is -1.75. The average molecular weight is 293 g/mol. The highest BCUT2D eigenvalue weighted by molar-refractivity contribution is 7.98. The summed E-state index contributed by atoms with van der Waals surface area (Å²) in [7, 11) is 0. The van der Waals surface area contributed by atoms with Crippen LogP contribution in [0.25, 0.3) is 0 Å². The number of hydrogen-bond donors (Lipinski definition) is 0. The van der Waals surface area contributed by atoms with E-state index in [4.69, 9.17) is 4.74 Å². The summed E-state index contributed by atoms with van der Waals surface area (Å²) >= 11 is 1.50. The first-order chi connectivity index (χ1) is 9.63. The molecule has 0 fully saturated rings. The van der Waals surface area contributed by atoms with Gasteiger partial charge in [0.1, 0.15) is 6.54 Å². The van der Waals surface area contributed by atoms with Crippen LogP contribution in [0.4, 0.5) is 0 Å². The van der Waals surface area contributed by atoms with Gasteiger partial charge < -0.3 is 9.64 Å². The van der Waals surface area contributed by atoms with E-state index in [1.165, 1.54) is 16.7 Å². The lowest BCUT2D eigenvalue weighted by molar-refractivity contribution is -0.143. The molecule has 0 aliphatic carbocycles. The van der Waals surface area contributed by atoms with Crippen molar-refractivity contribution >= 4 is 23.6 Å². The van der Waals surface area contributed by atoms with Gasteiger partial charge in [0.25, 0.3) is 5.91 Å². The summed E-state index contributed by atoms with van der Waals surface area (Å²) in [5, 5.41) is 0. The zero-order valence-electron chi connectivity index (χ0n) is 11.8. The third-order valence-corrected chi connectivity index (χ3v) is 3.40. The van der Waals surface area contributed by atoms with Gasteiger partial charge in [-0.25, -0.2) is 0 Å². The molecule has 1 aromatic rings. The summed E-state index contributed by atoms with van der Waals surface area (Å²) in [5.41, 5.74) is 0.589. The van der Waals surface area contributed by atoms with E-state index >= 15 is 0 Å². The number of carbonyl (C=O) groups is 2. The summed E-state index contributed by atoms with van der Waals surface area (Å²) in [6, 6.07) is 7.33. The second-order valence-corrected chi connectivity index (χ2v) is 4.83. The molecule has 0 saturated carbocycles. The van der Waals surface area contributed by atoms with E-state index in [0.29, 0.717) is 18.7 Å². The SMILES string of the molecule is C=CCN(CC(=O)OCC)C(=O)c1ccccc1SC. The van der Waals surface area contributed by atoms with Crippen molar-refractivity contribution in [2.24, 2.45) is 0 Å². The van der Waals surface area contributed by atoms with Gasteiger partial charge in [-0.15, -0.1) is 18.3 Å². The van der Waals surface area contributed by atoms with Crippen molar-refractivity contribution in [3.8, 4) is 0 Å². The Balaban J connectivity index is 2.93. The zero-order chi connectivity index (χ0) is 15.0. The maximum Gasteiger partial charge on any atom is 0.325 e. The smallest absolute Gasteiger partial charge is 0.325 e. The van der Waals surface area contributed by atoms with Gasteiger partial charge in [0, 0.05) is 11.4 Å². The van der Waals surface area contributed by atoms with E-state index in [2.05, 4.69) is 6.58 Å². The highest BCUT2D eigenvalue weighted by Gasteiger charge is 2.20. The first-order valence-electron chi connectivity index (χ1n) is 6.32. The van der Waals surface area contributed by atoms with E-state index in [9.17, 15) is 9.59 Å². The molecule has 1 aromatic carbocycles. The van der Waals surface area contributed by atoms with Gasteiger partial charge in [0.05, 0.1) is 12.2 Å². The molecule has 1 amide bonds. The van der Waals surface area contributed by atoms with E-state index in [1.54, 1.807) is 19.1 Å². The summed E-state index contributed by atoms with van der Waals surface area (Å²) < 4.78 is 4.89. The first-order valence-corrected chi connectivity index (χ1v) is 7.55. The molecule has 5 heteroatoms. The lowest BCUT2D eigenvalue weighted by Crippen LogP contribution is -2.36. The van der Waals surface area contributed by atoms with Crippen LogP contribution < -0.4 is 0 Å². The number of benzene rings is 1. The minimum Gasteiger partial charge on any atom is -0.465 e. The number of ether oxygens (including phenoxy) is 1. The normalized spacial score (nSPS) is 9.90. The number of hydrogen-bond acceptors (Lipinski definition) is 4. The number of amides is 1. The van der Waals surface area contributed by atoms with Crippen molar-refractivity contribution in [2.75, 3.05) is 26.0 Å². The van der Waals surface area contributed by atoms with Gasteiger partial charge >= 0.3 is 5.97 Å². The van der Waals surface area contributed by atoms with Crippen LogP contribution in [0.15, 0.2) is 41.8 Å². The Morgan fingerprint density at radius 3 is 2.70 bits per heavy atom. The lowest BCUT2D eigenvalue weighted by atomic mass is 10.2. The second kappa shape index (κ2) is 8.43.